The standard InChI is InChI=1S/C5H10Br3N/c1-4(2,3-6)5(7,8)9/h3,9H2,1-2H3. The summed E-state index contributed by atoms with van der Waals surface area (Å²) in [5, 5.41) is 0.854. The first kappa shape index (κ1) is 10.4. The minimum atomic E-state index is -0.476. The number of nitrogens with two attached hydrogens (primary N) is 1. The fraction of sp³-hybridized carbons (Fsp3) is 1.00. The highest BCUT2D eigenvalue weighted by Crippen LogP contribution is 2.40. The summed E-state index contributed by atoms with van der Waals surface area (Å²) in [5.74, 6) is 0. The van der Waals surface area contributed by atoms with E-state index in [-0.39, 0.29) is 5.41 Å². The zero-order valence-electron chi connectivity index (χ0n) is 5.42. The lowest BCUT2D eigenvalue weighted by Gasteiger charge is -2.32. The Kier molecular flexibility index (Phi) is 3.70. The highest BCUT2D eigenvalue weighted by molar-refractivity contribution is 9.25. The SMILES string of the molecule is CC(C)(CBr)C(N)(Br)Br. The number of hydrogen-bond donors (Lipinski definition) is 1. The number of hydrogen-bond acceptors (Lipinski definition) is 1. The normalized spacial score (nSPS) is 14.0. The van der Waals surface area contributed by atoms with Gasteiger partial charge >= 0.3 is 0 Å². The van der Waals surface area contributed by atoms with Crippen molar-refractivity contribution in [2.45, 2.75) is 17.2 Å². The minimum Gasteiger partial charge on any atom is -0.307 e. The molecule has 4 heteroatoms. The van der Waals surface area contributed by atoms with Crippen LogP contribution in [-0.4, -0.2) is 8.69 Å². The Hall–Kier alpha value is 1.40. The van der Waals surface area contributed by atoms with E-state index in [1.165, 1.54) is 0 Å². The van der Waals surface area contributed by atoms with E-state index in [4.69, 9.17) is 5.73 Å². The van der Waals surface area contributed by atoms with E-state index in [0.717, 1.165) is 5.33 Å². The lowest BCUT2D eigenvalue weighted by atomic mass is 9.97. The molecule has 0 saturated carbocycles. The van der Waals surface area contributed by atoms with Crippen LogP contribution < -0.4 is 5.73 Å². The van der Waals surface area contributed by atoms with Crippen molar-refractivity contribution in [1.82, 2.24) is 0 Å². The van der Waals surface area contributed by atoms with Crippen molar-refractivity contribution in [3.8, 4) is 0 Å². The van der Waals surface area contributed by atoms with Gasteiger partial charge in [-0.15, -0.1) is 0 Å². The molecule has 0 aliphatic carbocycles. The summed E-state index contributed by atoms with van der Waals surface area (Å²) in [6.45, 7) is 4.12. The second kappa shape index (κ2) is 3.20. The van der Waals surface area contributed by atoms with E-state index in [1.807, 2.05) is 0 Å². The first-order chi connectivity index (χ1) is 3.81. The van der Waals surface area contributed by atoms with Crippen molar-refractivity contribution in [2.24, 2.45) is 11.1 Å². The topological polar surface area (TPSA) is 26.0 Å². The Morgan fingerprint density at radius 2 is 1.67 bits per heavy atom. The molecule has 2 N–H and O–H groups in total. The second-order valence-electron chi connectivity index (χ2n) is 2.64. The zero-order chi connectivity index (χ0) is 7.71. The third-order valence-corrected chi connectivity index (χ3v) is 4.78. The van der Waals surface area contributed by atoms with Crippen molar-refractivity contribution >= 4 is 47.8 Å². The van der Waals surface area contributed by atoms with Crippen LogP contribution in [0.1, 0.15) is 13.8 Å². The Labute approximate surface area is 81.1 Å². The quantitative estimate of drug-likeness (QED) is 0.614. The molecule has 0 amide bonds. The van der Waals surface area contributed by atoms with Crippen molar-refractivity contribution in [3.05, 3.63) is 0 Å². The summed E-state index contributed by atoms with van der Waals surface area (Å²) in [6.07, 6.45) is 0. The first-order valence-electron chi connectivity index (χ1n) is 2.54. The molecule has 56 valence electrons. The molecule has 0 aromatic rings. The molecule has 0 radical (unpaired) electrons. The Balaban J connectivity index is 4.14. The number of halogens is 3. The highest BCUT2D eigenvalue weighted by atomic mass is 79.9. The van der Waals surface area contributed by atoms with Gasteiger partial charge in [0, 0.05) is 10.7 Å². The monoisotopic (exact) mass is 321 g/mol. The molecule has 0 heterocycles. The highest BCUT2D eigenvalue weighted by Gasteiger charge is 2.36. The van der Waals surface area contributed by atoms with Gasteiger partial charge in [0.2, 0.25) is 0 Å². The number of alkyl halides is 3. The van der Waals surface area contributed by atoms with Crippen LogP contribution in [0.15, 0.2) is 0 Å². The second-order valence-corrected chi connectivity index (χ2v) is 6.77. The Morgan fingerprint density at radius 1 is 1.33 bits per heavy atom. The Morgan fingerprint density at radius 3 is 1.67 bits per heavy atom. The number of rotatable bonds is 2. The van der Waals surface area contributed by atoms with Crippen molar-refractivity contribution in [1.29, 1.82) is 0 Å². The molecule has 0 bridgehead atoms. The minimum absolute atomic E-state index is 0.00694. The summed E-state index contributed by atoms with van der Waals surface area (Å²) < 4.78 is -0.476. The van der Waals surface area contributed by atoms with Gasteiger partial charge in [-0.2, -0.15) is 0 Å². The lowest BCUT2D eigenvalue weighted by Crippen LogP contribution is -2.42. The van der Waals surface area contributed by atoms with Crippen molar-refractivity contribution in [2.75, 3.05) is 5.33 Å². The van der Waals surface area contributed by atoms with E-state index in [1.54, 1.807) is 0 Å². The van der Waals surface area contributed by atoms with Gasteiger partial charge in [0.25, 0.3) is 0 Å². The molecule has 0 fully saturated rings. The Bertz CT molecular complexity index is 94.9. The van der Waals surface area contributed by atoms with Gasteiger partial charge < -0.3 is 5.73 Å². The van der Waals surface area contributed by atoms with Crippen LogP contribution in [-0.2, 0) is 0 Å². The van der Waals surface area contributed by atoms with Gasteiger partial charge in [-0.1, -0.05) is 61.6 Å². The maximum absolute atomic E-state index is 5.73. The smallest absolute Gasteiger partial charge is 0.133 e. The third-order valence-electron chi connectivity index (χ3n) is 1.24. The van der Waals surface area contributed by atoms with Gasteiger partial charge in [0.15, 0.2) is 0 Å². The molecule has 0 saturated heterocycles. The van der Waals surface area contributed by atoms with Gasteiger partial charge in [-0.3, -0.25) is 0 Å². The predicted molar refractivity (Wildman–Crippen MR) is 52.3 cm³/mol. The maximum Gasteiger partial charge on any atom is 0.133 e. The molecule has 0 aliphatic heterocycles. The van der Waals surface area contributed by atoms with Crippen LogP contribution in [0.4, 0.5) is 0 Å². The van der Waals surface area contributed by atoms with Crippen LogP contribution >= 0.6 is 47.8 Å². The van der Waals surface area contributed by atoms with E-state index in [9.17, 15) is 0 Å². The summed E-state index contributed by atoms with van der Waals surface area (Å²) in [4.78, 5) is 0. The molecule has 0 rings (SSSR count). The molecule has 1 nitrogen and oxygen atoms in total. The van der Waals surface area contributed by atoms with E-state index >= 15 is 0 Å². The van der Waals surface area contributed by atoms with Crippen LogP contribution in [0.2, 0.25) is 0 Å². The summed E-state index contributed by atoms with van der Waals surface area (Å²) in [7, 11) is 0. The molecule has 0 aromatic heterocycles. The summed E-state index contributed by atoms with van der Waals surface area (Å²) in [5.41, 5.74) is 5.73. The van der Waals surface area contributed by atoms with Crippen molar-refractivity contribution < 1.29 is 0 Å². The molecular formula is C5H10Br3N. The molecule has 0 spiro atoms. The maximum atomic E-state index is 5.73. The van der Waals surface area contributed by atoms with Gasteiger partial charge in [-0.25, -0.2) is 0 Å². The van der Waals surface area contributed by atoms with Gasteiger partial charge in [-0.05, 0) is 0 Å². The molecule has 9 heavy (non-hydrogen) atoms. The molecule has 0 aromatic carbocycles. The van der Waals surface area contributed by atoms with Crippen LogP contribution in [0.5, 0.6) is 0 Å². The van der Waals surface area contributed by atoms with Gasteiger partial charge in [0.1, 0.15) is 3.36 Å². The van der Waals surface area contributed by atoms with Crippen molar-refractivity contribution in [3.63, 3.8) is 0 Å². The van der Waals surface area contributed by atoms with Crippen LogP contribution in [0, 0.1) is 5.41 Å². The fourth-order valence-electron chi connectivity index (χ4n) is 0.0891. The third kappa shape index (κ3) is 2.87. The molecule has 0 atom stereocenters. The first-order valence-corrected chi connectivity index (χ1v) is 5.24. The average Bonchev–Trinajstić information content (AvgIpc) is 1.64. The largest absolute Gasteiger partial charge is 0.307 e. The van der Waals surface area contributed by atoms with Gasteiger partial charge in [0.05, 0.1) is 0 Å². The summed E-state index contributed by atoms with van der Waals surface area (Å²) in [6, 6.07) is 0. The van der Waals surface area contributed by atoms with Crippen LogP contribution in [0.25, 0.3) is 0 Å². The summed E-state index contributed by atoms with van der Waals surface area (Å²) >= 11 is 10.0. The average molecular weight is 324 g/mol. The fourth-order valence-corrected chi connectivity index (χ4v) is 1.56. The molecule has 0 unspecified atom stereocenters. The predicted octanol–water partition coefficient (Wildman–Crippen LogP) is 2.81. The van der Waals surface area contributed by atoms with Crippen LogP contribution in [0.3, 0.4) is 0 Å². The molecular weight excluding hydrogens is 314 g/mol. The van der Waals surface area contributed by atoms with E-state index in [0.29, 0.717) is 0 Å². The van der Waals surface area contributed by atoms with E-state index < -0.39 is 3.36 Å². The lowest BCUT2D eigenvalue weighted by molar-refractivity contribution is 0.398. The molecule has 0 aliphatic rings. The van der Waals surface area contributed by atoms with E-state index in [2.05, 4.69) is 61.6 Å². The zero-order valence-corrected chi connectivity index (χ0v) is 10.2.